The predicted molar refractivity (Wildman–Crippen MR) is 65.7 cm³/mol. The first kappa shape index (κ1) is 12.6. The van der Waals surface area contributed by atoms with Crippen LogP contribution in [0, 0.1) is 12.8 Å². The molecule has 1 aromatic rings. The van der Waals surface area contributed by atoms with E-state index in [1.807, 2.05) is 33.8 Å². The minimum absolute atomic E-state index is 0.0401. The molecule has 1 amide bonds. The number of aromatic hydroxyl groups is 1. The molecule has 16 heavy (non-hydrogen) atoms. The average Bonchev–Trinajstić information content (AvgIpc) is 2.23. The fraction of sp³-hybridized carbons (Fsp3) is 0.462. The molecule has 0 bridgehead atoms. The third kappa shape index (κ3) is 2.54. The van der Waals surface area contributed by atoms with Crippen LogP contribution in [0.4, 0.5) is 5.69 Å². The number of hydrogen-bond donors (Lipinski definition) is 1. The third-order valence-electron chi connectivity index (χ3n) is 2.56. The molecule has 0 spiro atoms. The number of anilines is 1. The summed E-state index contributed by atoms with van der Waals surface area (Å²) >= 11 is 0. The van der Waals surface area contributed by atoms with Gasteiger partial charge in [0.05, 0.1) is 5.69 Å². The molecule has 0 atom stereocenters. The van der Waals surface area contributed by atoms with Gasteiger partial charge in [-0.1, -0.05) is 19.9 Å². The molecular formula is C13H19NO2. The summed E-state index contributed by atoms with van der Waals surface area (Å²) in [6, 6.07) is 5.09. The van der Waals surface area contributed by atoms with Crippen molar-refractivity contribution in [3.05, 3.63) is 23.8 Å². The molecule has 0 aromatic heterocycles. The first-order chi connectivity index (χ1) is 7.47. The zero-order valence-electron chi connectivity index (χ0n) is 10.3. The molecule has 0 saturated carbocycles. The van der Waals surface area contributed by atoms with Gasteiger partial charge in [-0.3, -0.25) is 4.79 Å². The first-order valence-corrected chi connectivity index (χ1v) is 5.58. The van der Waals surface area contributed by atoms with Gasteiger partial charge in [-0.05, 0) is 25.5 Å². The standard InChI is InChI=1S/C13H19NO2/c1-5-14(13(16)9(2)3)12-8-11(15)7-6-10(12)4/h6-9,15H,5H2,1-4H3. The number of phenols is 1. The number of benzene rings is 1. The lowest BCUT2D eigenvalue weighted by atomic mass is 10.1. The first-order valence-electron chi connectivity index (χ1n) is 5.58. The Morgan fingerprint density at radius 3 is 2.56 bits per heavy atom. The fourth-order valence-electron chi connectivity index (χ4n) is 1.65. The van der Waals surface area contributed by atoms with Crippen LogP contribution in [-0.4, -0.2) is 17.6 Å². The largest absolute Gasteiger partial charge is 0.508 e. The van der Waals surface area contributed by atoms with Crippen molar-refractivity contribution in [3.8, 4) is 5.75 Å². The highest BCUT2D eigenvalue weighted by atomic mass is 16.3. The Morgan fingerprint density at radius 2 is 2.06 bits per heavy atom. The van der Waals surface area contributed by atoms with Crippen molar-refractivity contribution >= 4 is 11.6 Å². The quantitative estimate of drug-likeness (QED) is 0.852. The number of rotatable bonds is 3. The number of carbonyl (C=O) groups excluding carboxylic acids is 1. The summed E-state index contributed by atoms with van der Waals surface area (Å²) in [5, 5.41) is 9.46. The van der Waals surface area contributed by atoms with Gasteiger partial charge in [0.15, 0.2) is 0 Å². The van der Waals surface area contributed by atoms with Crippen molar-refractivity contribution in [2.24, 2.45) is 5.92 Å². The Balaban J connectivity index is 3.13. The molecule has 3 nitrogen and oxygen atoms in total. The Labute approximate surface area is 96.7 Å². The van der Waals surface area contributed by atoms with Crippen molar-refractivity contribution < 1.29 is 9.90 Å². The minimum Gasteiger partial charge on any atom is -0.508 e. The zero-order valence-corrected chi connectivity index (χ0v) is 10.3. The van der Waals surface area contributed by atoms with Crippen molar-refractivity contribution in [1.82, 2.24) is 0 Å². The van der Waals surface area contributed by atoms with Gasteiger partial charge < -0.3 is 10.0 Å². The topological polar surface area (TPSA) is 40.5 Å². The summed E-state index contributed by atoms with van der Waals surface area (Å²) in [7, 11) is 0. The summed E-state index contributed by atoms with van der Waals surface area (Å²) in [4.78, 5) is 13.7. The molecular weight excluding hydrogens is 202 g/mol. The lowest BCUT2D eigenvalue weighted by Gasteiger charge is -2.24. The number of hydrogen-bond acceptors (Lipinski definition) is 2. The Morgan fingerprint density at radius 1 is 1.44 bits per heavy atom. The molecule has 0 aliphatic heterocycles. The maximum absolute atomic E-state index is 12.0. The molecule has 0 aliphatic rings. The maximum Gasteiger partial charge on any atom is 0.229 e. The second-order valence-corrected chi connectivity index (χ2v) is 4.21. The van der Waals surface area contributed by atoms with E-state index < -0.39 is 0 Å². The lowest BCUT2D eigenvalue weighted by Crippen LogP contribution is -2.34. The summed E-state index contributed by atoms with van der Waals surface area (Å²) in [6.07, 6.45) is 0. The molecule has 0 radical (unpaired) electrons. The molecule has 1 rings (SSSR count). The van der Waals surface area contributed by atoms with E-state index in [4.69, 9.17) is 0 Å². The smallest absolute Gasteiger partial charge is 0.229 e. The molecule has 0 unspecified atom stereocenters. The van der Waals surface area contributed by atoms with E-state index in [-0.39, 0.29) is 17.6 Å². The highest BCUT2D eigenvalue weighted by molar-refractivity contribution is 5.95. The van der Waals surface area contributed by atoms with Crippen LogP contribution in [0.15, 0.2) is 18.2 Å². The molecule has 0 heterocycles. The van der Waals surface area contributed by atoms with Crippen LogP contribution in [0.1, 0.15) is 26.3 Å². The van der Waals surface area contributed by atoms with Crippen LogP contribution in [0.2, 0.25) is 0 Å². The zero-order chi connectivity index (χ0) is 12.3. The Bertz CT molecular complexity index is 386. The molecule has 1 N–H and O–H groups in total. The summed E-state index contributed by atoms with van der Waals surface area (Å²) in [5.74, 6) is 0.230. The number of phenolic OH excluding ortho intramolecular Hbond substituents is 1. The van der Waals surface area contributed by atoms with Gasteiger partial charge in [-0.2, -0.15) is 0 Å². The number of amides is 1. The van der Waals surface area contributed by atoms with Gasteiger partial charge in [-0.15, -0.1) is 0 Å². The van der Waals surface area contributed by atoms with Gasteiger partial charge in [-0.25, -0.2) is 0 Å². The second-order valence-electron chi connectivity index (χ2n) is 4.21. The van der Waals surface area contributed by atoms with Crippen LogP contribution in [0.5, 0.6) is 5.75 Å². The number of carbonyl (C=O) groups is 1. The molecule has 1 aromatic carbocycles. The predicted octanol–water partition coefficient (Wildman–Crippen LogP) is 2.71. The normalized spacial score (nSPS) is 10.6. The van der Waals surface area contributed by atoms with Gasteiger partial charge in [0.1, 0.15) is 5.75 Å². The van der Waals surface area contributed by atoms with Crippen molar-refractivity contribution in [3.63, 3.8) is 0 Å². The van der Waals surface area contributed by atoms with Crippen molar-refractivity contribution in [2.75, 3.05) is 11.4 Å². The highest BCUT2D eigenvalue weighted by Gasteiger charge is 2.18. The monoisotopic (exact) mass is 221 g/mol. The van der Waals surface area contributed by atoms with Crippen LogP contribution in [0.25, 0.3) is 0 Å². The van der Waals surface area contributed by atoms with Gasteiger partial charge in [0.2, 0.25) is 5.91 Å². The molecule has 0 fully saturated rings. The summed E-state index contributed by atoms with van der Waals surface area (Å²) < 4.78 is 0. The molecule has 0 saturated heterocycles. The van der Waals surface area contributed by atoms with E-state index >= 15 is 0 Å². The number of nitrogens with zero attached hydrogens (tertiary/aromatic N) is 1. The fourth-order valence-corrected chi connectivity index (χ4v) is 1.65. The Hall–Kier alpha value is -1.51. The van der Waals surface area contributed by atoms with Gasteiger partial charge in [0.25, 0.3) is 0 Å². The van der Waals surface area contributed by atoms with E-state index in [1.165, 1.54) is 0 Å². The molecule has 0 aliphatic carbocycles. The molecule has 88 valence electrons. The average molecular weight is 221 g/mol. The molecule has 3 heteroatoms. The van der Waals surface area contributed by atoms with Crippen molar-refractivity contribution in [2.45, 2.75) is 27.7 Å². The van der Waals surface area contributed by atoms with Crippen LogP contribution in [-0.2, 0) is 4.79 Å². The van der Waals surface area contributed by atoms with Gasteiger partial charge in [0, 0.05) is 18.5 Å². The van der Waals surface area contributed by atoms with E-state index in [0.29, 0.717) is 6.54 Å². The maximum atomic E-state index is 12.0. The van der Waals surface area contributed by atoms with E-state index in [0.717, 1.165) is 11.3 Å². The lowest BCUT2D eigenvalue weighted by molar-refractivity contribution is -0.121. The SMILES string of the molecule is CCN(C(=O)C(C)C)c1cc(O)ccc1C. The summed E-state index contributed by atoms with van der Waals surface area (Å²) in [6.45, 7) is 8.24. The van der Waals surface area contributed by atoms with Crippen LogP contribution in [0.3, 0.4) is 0 Å². The van der Waals surface area contributed by atoms with E-state index in [2.05, 4.69) is 0 Å². The van der Waals surface area contributed by atoms with Crippen LogP contribution >= 0.6 is 0 Å². The highest BCUT2D eigenvalue weighted by Crippen LogP contribution is 2.25. The third-order valence-corrected chi connectivity index (χ3v) is 2.56. The Kier molecular flexibility index (Phi) is 3.93. The summed E-state index contributed by atoms with van der Waals surface area (Å²) in [5.41, 5.74) is 1.79. The van der Waals surface area contributed by atoms with Crippen molar-refractivity contribution in [1.29, 1.82) is 0 Å². The van der Waals surface area contributed by atoms with Gasteiger partial charge >= 0.3 is 0 Å². The van der Waals surface area contributed by atoms with Crippen LogP contribution < -0.4 is 4.90 Å². The second kappa shape index (κ2) is 5.01. The van der Waals surface area contributed by atoms with E-state index in [9.17, 15) is 9.90 Å². The van der Waals surface area contributed by atoms with E-state index in [1.54, 1.807) is 17.0 Å². The number of aryl methyl sites for hydroxylation is 1. The minimum atomic E-state index is -0.0401.